The minimum atomic E-state index is 0.906. The van der Waals surface area contributed by atoms with Crippen molar-refractivity contribution in [3.63, 3.8) is 0 Å². The first-order valence-electron chi connectivity index (χ1n) is 38.0. The Hall–Kier alpha value is -14.8. The van der Waals surface area contributed by atoms with Crippen LogP contribution in [-0.4, -0.2) is 9.13 Å². The van der Waals surface area contributed by atoms with E-state index in [2.05, 4.69) is 431 Å². The number of hydrogen-bond donors (Lipinski definition) is 0. The second kappa shape index (κ2) is 27.2. The summed E-state index contributed by atoms with van der Waals surface area (Å²) in [5.74, 6) is 0. The molecule has 0 radical (unpaired) electrons. The Kier molecular flexibility index (Phi) is 15.8. The summed E-state index contributed by atoms with van der Waals surface area (Å²) < 4.78 is 11.2. The maximum Gasteiger partial charge on any atom is 0.143 e. The predicted molar refractivity (Wildman–Crippen MR) is 470 cm³/mol. The number of benzene rings is 19. The second-order valence-corrected chi connectivity index (χ2v) is 28.7. The van der Waals surface area contributed by atoms with Crippen molar-refractivity contribution in [2.24, 2.45) is 0 Å². The highest BCUT2D eigenvalue weighted by Gasteiger charge is 2.21. The molecule has 0 saturated carbocycles. The van der Waals surface area contributed by atoms with Crippen molar-refractivity contribution in [3.05, 3.63) is 425 Å². The minimum Gasteiger partial charge on any atom is -0.455 e. The van der Waals surface area contributed by atoms with Gasteiger partial charge in [0.05, 0.1) is 22.1 Å². The molecule has 111 heavy (non-hydrogen) atoms. The van der Waals surface area contributed by atoms with Gasteiger partial charge in [0.2, 0.25) is 0 Å². The maximum absolute atomic E-state index is 6.43. The Bertz CT molecular complexity index is 7320. The molecular weight excluding hydrogens is 1350 g/mol. The van der Waals surface area contributed by atoms with E-state index in [1.54, 1.807) is 0 Å². The van der Waals surface area contributed by atoms with Crippen LogP contribution in [0.15, 0.2) is 429 Å². The highest BCUT2D eigenvalue weighted by atomic mass is 16.3. The van der Waals surface area contributed by atoms with Gasteiger partial charge in [0, 0.05) is 83.4 Å². The van der Waals surface area contributed by atoms with Crippen LogP contribution in [0.3, 0.4) is 0 Å². The molecule has 0 saturated heterocycles. The van der Waals surface area contributed by atoms with Crippen molar-refractivity contribution in [3.8, 4) is 55.9 Å². The van der Waals surface area contributed by atoms with Crippen molar-refractivity contribution in [1.29, 1.82) is 0 Å². The molecule has 0 amide bonds. The average Bonchev–Trinajstić information content (AvgIpc) is 1.76. The number of para-hydroxylation sites is 7. The van der Waals surface area contributed by atoms with Gasteiger partial charge >= 0.3 is 0 Å². The van der Waals surface area contributed by atoms with E-state index in [1.165, 1.54) is 126 Å². The number of rotatable bonds is 12. The van der Waals surface area contributed by atoms with E-state index < -0.39 is 0 Å². The normalized spacial score (nSPS) is 11.6. The molecule has 0 atom stereocenters. The van der Waals surface area contributed by atoms with Gasteiger partial charge in [-0.25, -0.2) is 0 Å². The Morgan fingerprint density at radius 1 is 0.180 bits per heavy atom. The number of anilines is 6. The van der Waals surface area contributed by atoms with Gasteiger partial charge in [0.1, 0.15) is 11.2 Å². The number of nitrogens with zero attached hydrogens (tertiary/aromatic N) is 4. The summed E-state index contributed by atoms with van der Waals surface area (Å²) in [5, 5.41) is 17.2. The van der Waals surface area contributed by atoms with Crippen LogP contribution in [0.1, 0.15) is 0 Å². The third-order valence-corrected chi connectivity index (χ3v) is 22.3. The lowest BCUT2D eigenvalue weighted by Crippen LogP contribution is -2.09. The monoisotopic (exact) mass is 1410 g/mol. The van der Waals surface area contributed by atoms with Crippen molar-refractivity contribution >= 4 is 143 Å². The number of furan rings is 1. The average molecular weight is 1420 g/mol. The van der Waals surface area contributed by atoms with Gasteiger partial charge in [-0.3, -0.25) is 0 Å². The second-order valence-electron chi connectivity index (χ2n) is 28.7. The van der Waals surface area contributed by atoms with Crippen molar-refractivity contribution in [1.82, 2.24) is 9.13 Å². The predicted octanol–water partition coefficient (Wildman–Crippen LogP) is 29.7. The molecule has 0 N–H and O–H groups in total. The summed E-state index contributed by atoms with van der Waals surface area (Å²) in [6.07, 6.45) is 0. The largest absolute Gasteiger partial charge is 0.455 e. The minimum absolute atomic E-state index is 0.906. The standard InChI is InChI=1S/C56H36N2O.C50H34N2/c1-2-12-42(13-3-1)58-53-19-8-6-15-48(53)52-35-41(28-34-54(52)58)37-23-29-43(30-24-37)57(45-33-27-40-22-21-38-11-4-5-14-46(38)51(40)36-45)44-31-25-39(26-32-44)47-17-10-18-50-49-16-7-9-20-55(49)59-56(47)50;1-3-17-41(18-4-1)51(44-29-27-36-26-25-35-13-7-8-22-45(35)47(36)34-44)43-21-12-16-39(32-43)37-14-11-15-38(31-37)40-28-30-50-48(33-40)46-23-9-10-24-49(46)52(50)42-19-5-2-6-20-42/h1-36H;1-34H. The van der Waals surface area contributed by atoms with E-state index in [9.17, 15) is 0 Å². The molecule has 0 bridgehead atoms. The zero-order valence-corrected chi connectivity index (χ0v) is 60.6. The summed E-state index contributed by atoms with van der Waals surface area (Å²) in [5.41, 5.74) is 24.9. The lowest BCUT2D eigenvalue weighted by atomic mass is 9.97. The van der Waals surface area contributed by atoms with E-state index in [1.807, 2.05) is 12.1 Å². The molecule has 0 unspecified atom stereocenters. The van der Waals surface area contributed by atoms with Crippen LogP contribution < -0.4 is 9.80 Å². The molecule has 5 nitrogen and oxygen atoms in total. The first kappa shape index (κ1) is 64.6. The number of hydrogen-bond acceptors (Lipinski definition) is 3. The van der Waals surface area contributed by atoms with Crippen LogP contribution in [0, 0.1) is 0 Å². The Morgan fingerprint density at radius 2 is 0.532 bits per heavy atom. The maximum atomic E-state index is 6.43. The number of fused-ring (bicyclic) bond motifs is 15. The zero-order valence-electron chi connectivity index (χ0n) is 60.6. The lowest BCUT2D eigenvalue weighted by Gasteiger charge is -2.26. The first-order valence-corrected chi connectivity index (χ1v) is 38.0. The molecule has 3 heterocycles. The molecule has 3 aromatic heterocycles. The summed E-state index contributed by atoms with van der Waals surface area (Å²) in [7, 11) is 0. The topological polar surface area (TPSA) is 29.5 Å². The molecule has 0 aliphatic heterocycles. The molecule has 0 spiro atoms. The van der Waals surface area contributed by atoms with E-state index >= 15 is 0 Å². The number of aromatic nitrogens is 2. The summed E-state index contributed by atoms with van der Waals surface area (Å²) in [4.78, 5) is 4.73. The fraction of sp³-hybridized carbons (Fsp3) is 0. The SMILES string of the molecule is c1ccc(-n2c3ccccc3c3cc(-c4ccc(N(c5ccc(-c6cccc7c6oc6ccccc67)cc5)c5ccc6ccc7ccccc7c6c5)cc4)ccc32)cc1.c1ccc(N(c2cccc(-c3cccc(-c4ccc5c(c4)c4ccccc4n5-c4ccccc4)c3)c2)c2ccc3ccc4ccccc4c3c2)cc1. The van der Waals surface area contributed by atoms with Crippen LogP contribution in [0.2, 0.25) is 0 Å². The van der Waals surface area contributed by atoms with E-state index in [0.717, 1.165) is 72.9 Å². The highest BCUT2D eigenvalue weighted by molar-refractivity contribution is 6.14. The molecule has 5 heteroatoms. The first-order chi connectivity index (χ1) is 55.0. The van der Waals surface area contributed by atoms with E-state index in [0.29, 0.717) is 0 Å². The van der Waals surface area contributed by atoms with Crippen LogP contribution >= 0.6 is 0 Å². The fourth-order valence-corrected chi connectivity index (χ4v) is 17.0. The molecule has 22 aromatic rings. The van der Waals surface area contributed by atoms with Gasteiger partial charge in [-0.15, -0.1) is 0 Å². The smallest absolute Gasteiger partial charge is 0.143 e. The van der Waals surface area contributed by atoms with Crippen LogP contribution in [-0.2, 0) is 0 Å². The Balaban J connectivity index is 0.000000142. The fourth-order valence-electron chi connectivity index (χ4n) is 17.0. The third kappa shape index (κ3) is 11.5. The van der Waals surface area contributed by atoms with Gasteiger partial charge in [-0.05, 0) is 228 Å². The Morgan fingerprint density at radius 3 is 1.09 bits per heavy atom. The molecule has 0 aliphatic rings. The van der Waals surface area contributed by atoms with Gasteiger partial charge in [0.15, 0.2) is 0 Å². The van der Waals surface area contributed by atoms with E-state index in [4.69, 9.17) is 4.42 Å². The molecule has 0 fully saturated rings. The van der Waals surface area contributed by atoms with Gasteiger partial charge in [-0.2, -0.15) is 0 Å². The molecular formula is C106H70N4O. The summed E-state index contributed by atoms with van der Waals surface area (Å²) in [6.45, 7) is 0. The van der Waals surface area contributed by atoms with Crippen molar-refractivity contribution < 1.29 is 4.42 Å². The summed E-state index contributed by atoms with van der Waals surface area (Å²) in [6, 6.07) is 153. The van der Waals surface area contributed by atoms with Crippen LogP contribution in [0.4, 0.5) is 34.1 Å². The lowest BCUT2D eigenvalue weighted by molar-refractivity contribution is 0.670. The van der Waals surface area contributed by atoms with Gasteiger partial charge < -0.3 is 23.4 Å². The molecule has 22 rings (SSSR count). The van der Waals surface area contributed by atoms with Gasteiger partial charge in [-0.1, -0.05) is 279 Å². The Labute approximate surface area is 642 Å². The molecule has 0 aliphatic carbocycles. The van der Waals surface area contributed by atoms with Crippen molar-refractivity contribution in [2.75, 3.05) is 9.80 Å². The molecule has 19 aromatic carbocycles. The third-order valence-electron chi connectivity index (χ3n) is 22.3. The zero-order chi connectivity index (χ0) is 73.3. The molecule has 520 valence electrons. The van der Waals surface area contributed by atoms with Crippen LogP contribution in [0.5, 0.6) is 0 Å². The quantitative estimate of drug-likeness (QED) is 0.114. The highest BCUT2D eigenvalue weighted by Crippen LogP contribution is 2.45. The summed E-state index contributed by atoms with van der Waals surface area (Å²) >= 11 is 0. The van der Waals surface area contributed by atoms with Crippen LogP contribution in [0.25, 0.3) is 165 Å². The van der Waals surface area contributed by atoms with E-state index in [-0.39, 0.29) is 0 Å². The van der Waals surface area contributed by atoms with Crippen molar-refractivity contribution in [2.45, 2.75) is 0 Å². The van der Waals surface area contributed by atoms with Gasteiger partial charge in [0.25, 0.3) is 0 Å².